The zero-order valence-electron chi connectivity index (χ0n) is 17.5. The summed E-state index contributed by atoms with van der Waals surface area (Å²) in [6.45, 7) is 9.35. The number of fused-ring (bicyclic) bond motifs is 1. The Bertz CT molecular complexity index is 1020. The fourth-order valence-electron chi connectivity index (χ4n) is 3.87. The number of benzene rings is 1. The summed E-state index contributed by atoms with van der Waals surface area (Å²) >= 11 is 6.10. The van der Waals surface area contributed by atoms with E-state index in [9.17, 15) is 4.79 Å². The molecule has 0 bridgehead atoms. The number of aromatic nitrogens is 2. The van der Waals surface area contributed by atoms with E-state index in [1.807, 2.05) is 61.3 Å². The van der Waals surface area contributed by atoms with Gasteiger partial charge in [-0.3, -0.25) is 9.69 Å². The quantitative estimate of drug-likeness (QED) is 0.598. The number of nitrogens with zero attached hydrogens (tertiary/aromatic N) is 4. The fraction of sp³-hybridized carbons (Fsp3) is 0.391. The first kappa shape index (κ1) is 20.8. The van der Waals surface area contributed by atoms with Crippen LogP contribution in [0.5, 0.6) is 0 Å². The van der Waals surface area contributed by atoms with Gasteiger partial charge < -0.3 is 14.0 Å². The van der Waals surface area contributed by atoms with Crippen molar-refractivity contribution < 1.29 is 9.53 Å². The van der Waals surface area contributed by atoms with Crippen molar-refractivity contribution in [3.63, 3.8) is 0 Å². The van der Waals surface area contributed by atoms with Crippen LogP contribution in [0.15, 0.2) is 42.6 Å². The van der Waals surface area contributed by atoms with E-state index in [2.05, 4.69) is 9.30 Å². The second-order valence-corrected chi connectivity index (χ2v) is 7.86. The van der Waals surface area contributed by atoms with Crippen LogP contribution in [0.4, 0.5) is 0 Å². The maximum Gasteiger partial charge on any atom is 0.255 e. The molecule has 1 aliphatic heterocycles. The number of rotatable bonds is 6. The monoisotopic (exact) mass is 426 g/mol. The number of carbonyl (C=O) groups excluding carboxylic acids is 1. The lowest BCUT2D eigenvalue weighted by atomic mass is 10.1. The minimum Gasteiger partial charge on any atom is -0.379 e. The predicted molar refractivity (Wildman–Crippen MR) is 119 cm³/mol. The Labute approximate surface area is 182 Å². The molecular weight excluding hydrogens is 400 g/mol. The number of carbonyl (C=O) groups is 1. The Morgan fingerprint density at radius 2 is 1.80 bits per heavy atom. The van der Waals surface area contributed by atoms with Crippen molar-refractivity contribution in [1.82, 2.24) is 19.2 Å². The topological polar surface area (TPSA) is 50.1 Å². The number of hydrogen-bond acceptors (Lipinski definition) is 4. The summed E-state index contributed by atoms with van der Waals surface area (Å²) in [4.78, 5) is 22.0. The minimum absolute atomic E-state index is 0.0426. The predicted octanol–water partition coefficient (Wildman–Crippen LogP) is 3.97. The molecule has 1 fully saturated rings. The lowest BCUT2D eigenvalue weighted by Crippen LogP contribution is -2.36. The third-order valence-corrected chi connectivity index (χ3v) is 5.86. The maximum absolute atomic E-state index is 12.9. The van der Waals surface area contributed by atoms with Crippen molar-refractivity contribution in [1.29, 1.82) is 0 Å². The van der Waals surface area contributed by atoms with Gasteiger partial charge in [0.1, 0.15) is 5.65 Å². The molecule has 0 N–H and O–H groups in total. The highest BCUT2D eigenvalue weighted by atomic mass is 35.5. The Morgan fingerprint density at radius 1 is 1.10 bits per heavy atom. The van der Waals surface area contributed by atoms with E-state index in [0.29, 0.717) is 23.7 Å². The van der Waals surface area contributed by atoms with E-state index in [4.69, 9.17) is 21.3 Å². The highest BCUT2D eigenvalue weighted by molar-refractivity contribution is 6.30. The molecule has 0 aliphatic carbocycles. The van der Waals surface area contributed by atoms with E-state index < -0.39 is 0 Å². The van der Waals surface area contributed by atoms with Crippen LogP contribution in [0.1, 0.15) is 29.9 Å². The standard InChI is InChI=1S/C23H27ClN4O2/c1-3-27(4-2)23(29)18-7-10-21-25-22(17-5-8-19(24)9-6-17)20(28(21)15-18)16-26-11-13-30-14-12-26/h5-10,15H,3-4,11-14,16H2,1-2H3. The molecule has 30 heavy (non-hydrogen) atoms. The Morgan fingerprint density at radius 3 is 2.47 bits per heavy atom. The second-order valence-electron chi connectivity index (χ2n) is 7.43. The van der Waals surface area contributed by atoms with Gasteiger partial charge in [-0.2, -0.15) is 0 Å². The zero-order chi connectivity index (χ0) is 21.1. The molecule has 158 valence electrons. The smallest absolute Gasteiger partial charge is 0.255 e. The van der Waals surface area contributed by atoms with Gasteiger partial charge >= 0.3 is 0 Å². The zero-order valence-corrected chi connectivity index (χ0v) is 18.2. The van der Waals surface area contributed by atoms with Crippen LogP contribution >= 0.6 is 11.6 Å². The third-order valence-electron chi connectivity index (χ3n) is 5.61. The Kier molecular flexibility index (Phi) is 6.37. The average molecular weight is 427 g/mol. The third kappa shape index (κ3) is 4.21. The first-order valence-electron chi connectivity index (χ1n) is 10.5. The molecule has 7 heteroatoms. The van der Waals surface area contributed by atoms with Crippen LogP contribution in [0.25, 0.3) is 16.9 Å². The van der Waals surface area contributed by atoms with Gasteiger partial charge in [0.05, 0.1) is 30.2 Å². The van der Waals surface area contributed by atoms with Gasteiger partial charge in [0.2, 0.25) is 0 Å². The number of pyridine rings is 1. The molecule has 0 saturated carbocycles. The number of imidazole rings is 1. The van der Waals surface area contributed by atoms with Crippen molar-refractivity contribution in [3.05, 3.63) is 58.9 Å². The van der Waals surface area contributed by atoms with Crippen molar-refractivity contribution >= 4 is 23.2 Å². The van der Waals surface area contributed by atoms with Gasteiger partial charge in [-0.25, -0.2) is 4.98 Å². The van der Waals surface area contributed by atoms with Gasteiger partial charge in [-0.1, -0.05) is 23.7 Å². The second kappa shape index (κ2) is 9.16. The van der Waals surface area contributed by atoms with E-state index in [1.54, 1.807) is 0 Å². The van der Waals surface area contributed by atoms with Crippen LogP contribution < -0.4 is 0 Å². The first-order valence-corrected chi connectivity index (χ1v) is 10.8. The molecule has 0 radical (unpaired) electrons. The van der Waals surface area contributed by atoms with E-state index in [-0.39, 0.29) is 5.91 Å². The van der Waals surface area contributed by atoms with Crippen molar-refractivity contribution in [3.8, 4) is 11.3 Å². The lowest BCUT2D eigenvalue weighted by molar-refractivity contribution is 0.0336. The van der Waals surface area contributed by atoms with Crippen molar-refractivity contribution in [2.24, 2.45) is 0 Å². The first-order chi connectivity index (χ1) is 14.6. The van der Waals surface area contributed by atoms with Crippen LogP contribution in [0.3, 0.4) is 0 Å². The summed E-state index contributed by atoms with van der Waals surface area (Å²) in [7, 11) is 0. The summed E-state index contributed by atoms with van der Waals surface area (Å²) < 4.78 is 7.57. The minimum atomic E-state index is 0.0426. The Hall–Kier alpha value is -2.41. The highest BCUT2D eigenvalue weighted by Crippen LogP contribution is 2.28. The van der Waals surface area contributed by atoms with Crippen molar-refractivity contribution in [2.45, 2.75) is 20.4 Å². The molecule has 2 aromatic heterocycles. The molecular formula is C23H27ClN4O2. The number of halogens is 1. The van der Waals surface area contributed by atoms with Crippen LogP contribution in [-0.4, -0.2) is 64.5 Å². The van der Waals surface area contributed by atoms with Gasteiger partial charge in [0.25, 0.3) is 5.91 Å². The normalized spacial score (nSPS) is 14.9. The molecule has 1 saturated heterocycles. The van der Waals surface area contributed by atoms with Crippen LogP contribution in [0, 0.1) is 0 Å². The lowest BCUT2D eigenvalue weighted by Gasteiger charge is -2.26. The molecule has 4 rings (SSSR count). The fourth-order valence-corrected chi connectivity index (χ4v) is 4.00. The van der Waals surface area contributed by atoms with Gasteiger partial charge in [0.15, 0.2) is 0 Å². The summed E-state index contributed by atoms with van der Waals surface area (Å²) in [5.41, 5.74) is 4.52. The summed E-state index contributed by atoms with van der Waals surface area (Å²) in [6.07, 6.45) is 1.93. The highest BCUT2D eigenvalue weighted by Gasteiger charge is 2.21. The molecule has 6 nitrogen and oxygen atoms in total. The molecule has 1 aliphatic rings. The molecule has 0 unspecified atom stereocenters. The van der Waals surface area contributed by atoms with E-state index in [0.717, 1.165) is 55.4 Å². The summed E-state index contributed by atoms with van der Waals surface area (Å²) in [5.74, 6) is 0.0426. The SMILES string of the molecule is CCN(CC)C(=O)c1ccc2nc(-c3ccc(Cl)cc3)c(CN3CCOCC3)n2c1. The van der Waals surface area contributed by atoms with Gasteiger partial charge in [-0.05, 0) is 38.1 Å². The molecule has 0 atom stereocenters. The van der Waals surface area contributed by atoms with E-state index in [1.165, 1.54) is 0 Å². The summed E-state index contributed by atoms with van der Waals surface area (Å²) in [6, 6.07) is 11.6. The Balaban J connectivity index is 1.80. The molecule has 0 spiro atoms. The number of amides is 1. The van der Waals surface area contributed by atoms with Crippen LogP contribution in [0.2, 0.25) is 5.02 Å². The molecule has 3 heterocycles. The molecule has 1 aromatic carbocycles. The number of hydrogen-bond donors (Lipinski definition) is 0. The molecule has 3 aromatic rings. The van der Waals surface area contributed by atoms with Crippen molar-refractivity contribution in [2.75, 3.05) is 39.4 Å². The van der Waals surface area contributed by atoms with Gasteiger partial charge in [0, 0.05) is 49.5 Å². The summed E-state index contributed by atoms with van der Waals surface area (Å²) in [5, 5.41) is 0.698. The van der Waals surface area contributed by atoms with Gasteiger partial charge in [-0.15, -0.1) is 0 Å². The number of ether oxygens (including phenoxy) is 1. The average Bonchev–Trinajstić information content (AvgIpc) is 3.13. The number of morpholine rings is 1. The van der Waals surface area contributed by atoms with Crippen LogP contribution in [-0.2, 0) is 11.3 Å². The van der Waals surface area contributed by atoms with E-state index >= 15 is 0 Å². The molecule has 1 amide bonds. The largest absolute Gasteiger partial charge is 0.379 e. The maximum atomic E-state index is 12.9.